The maximum absolute atomic E-state index is 13.5. The third-order valence-electron chi connectivity index (χ3n) is 5.80. The Bertz CT molecular complexity index is 1250. The van der Waals surface area contributed by atoms with E-state index in [0.717, 1.165) is 22.3 Å². The fraction of sp³-hybridized carbons (Fsp3) is 0.231. The molecule has 3 aromatic carbocycles. The Kier molecular flexibility index (Phi) is 5.95. The van der Waals surface area contributed by atoms with E-state index >= 15 is 0 Å². The molecule has 0 aromatic heterocycles. The Hall–Kier alpha value is -2.93. The lowest BCUT2D eigenvalue weighted by Crippen LogP contribution is -2.49. The number of β-amino-alcohol motifs (C(OH)–C–C–N with tert-alkyl or cyclic N) is 1. The minimum atomic E-state index is -3.79. The molecular weight excluding hydrogens is 422 g/mol. The summed E-state index contributed by atoms with van der Waals surface area (Å²) >= 11 is 0. The van der Waals surface area contributed by atoms with Crippen LogP contribution in [0.25, 0.3) is 11.1 Å². The van der Waals surface area contributed by atoms with Crippen LogP contribution in [0.3, 0.4) is 0 Å². The molecule has 1 heterocycles. The molecule has 4 rings (SSSR count). The molecule has 0 amide bonds. The van der Waals surface area contributed by atoms with Crippen LogP contribution in [0.1, 0.15) is 23.6 Å². The zero-order valence-electron chi connectivity index (χ0n) is 18.4. The number of aliphatic hydroxyl groups is 1. The van der Waals surface area contributed by atoms with E-state index in [1.807, 2.05) is 61.5 Å². The van der Waals surface area contributed by atoms with Gasteiger partial charge < -0.3 is 9.84 Å². The summed E-state index contributed by atoms with van der Waals surface area (Å²) in [6.45, 7) is 3.69. The fourth-order valence-electron chi connectivity index (χ4n) is 4.23. The average Bonchev–Trinajstić information content (AvgIpc) is 2.79. The Morgan fingerprint density at radius 1 is 0.938 bits per heavy atom. The summed E-state index contributed by atoms with van der Waals surface area (Å²) in [7, 11) is -2.20. The van der Waals surface area contributed by atoms with Gasteiger partial charge in [-0.15, -0.1) is 0 Å². The first-order valence-electron chi connectivity index (χ1n) is 10.4. The molecule has 1 aliphatic rings. The topological polar surface area (TPSA) is 66.8 Å². The van der Waals surface area contributed by atoms with Gasteiger partial charge in [-0.3, -0.25) is 0 Å². The summed E-state index contributed by atoms with van der Waals surface area (Å²) in [5, 5.41) is 11.6. The molecular formula is C26H27NO4S. The first kappa shape index (κ1) is 22.3. The van der Waals surface area contributed by atoms with Crippen molar-refractivity contribution >= 4 is 21.2 Å². The van der Waals surface area contributed by atoms with E-state index in [-0.39, 0.29) is 18.0 Å². The van der Waals surface area contributed by atoms with Crippen molar-refractivity contribution in [1.29, 1.82) is 0 Å². The number of nitrogens with zero attached hydrogens (tertiary/aromatic N) is 1. The van der Waals surface area contributed by atoms with E-state index in [1.165, 1.54) is 4.31 Å². The summed E-state index contributed by atoms with van der Waals surface area (Å²) < 4.78 is 33.7. The Morgan fingerprint density at radius 2 is 1.59 bits per heavy atom. The second-order valence-electron chi connectivity index (χ2n) is 8.31. The minimum absolute atomic E-state index is 0.0495. The van der Waals surface area contributed by atoms with Crippen molar-refractivity contribution in [2.24, 2.45) is 0 Å². The highest BCUT2D eigenvalue weighted by atomic mass is 32.2. The Morgan fingerprint density at radius 3 is 2.25 bits per heavy atom. The fourth-order valence-corrected chi connectivity index (χ4v) is 5.73. The highest BCUT2D eigenvalue weighted by molar-refractivity contribution is 7.89. The predicted octanol–water partition coefficient (Wildman–Crippen LogP) is 4.37. The predicted molar refractivity (Wildman–Crippen MR) is 127 cm³/mol. The van der Waals surface area contributed by atoms with Crippen LogP contribution in [-0.2, 0) is 10.0 Å². The molecule has 0 unspecified atom stereocenters. The van der Waals surface area contributed by atoms with Crippen LogP contribution in [0.15, 0.2) is 83.8 Å². The number of benzene rings is 3. The number of hydrogen-bond donors (Lipinski definition) is 1. The standard InChI is InChI=1S/C26H27NO4S/c1-19-12-14-23(15-13-19)32(29,30)27-17-24(20-8-5-4-6-9-20)25(26(2,28)18-27)21-10-7-11-22(16-21)31-3/h4-16,28H,17-18H2,1-3H3/t26-/m0/s1. The van der Waals surface area contributed by atoms with Crippen LogP contribution in [0, 0.1) is 6.92 Å². The van der Waals surface area contributed by atoms with Crippen LogP contribution in [0.4, 0.5) is 0 Å². The van der Waals surface area contributed by atoms with E-state index in [0.29, 0.717) is 11.3 Å². The van der Waals surface area contributed by atoms with Crippen molar-refractivity contribution in [1.82, 2.24) is 4.31 Å². The molecule has 3 aromatic rings. The van der Waals surface area contributed by atoms with Crippen molar-refractivity contribution in [2.45, 2.75) is 24.3 Å². The third-order valence-corrected chi connectivity index (χ3v) is 7.60. The molecule has 0 saturated carbocycles. The molecule has 1 aliphatic heterocycles. The van der Waals surface area contributed by atoms with Crippen LogP contribution in [-0.4, -0.2) is 43.6 Å². The first-order chi connectivity index (χ1) is 15.2. The zero-order chi connectivity index (χ0) is 22.9. The van der Waals surface area contributed by atoms with Gasteiger partial charge in [-0.1, -0.05) is 60.2 Å². The number of methoxy groups -OCH3 is 1. The minimum Gasteiger partial charge on any atom is -0.497 e. The smallest absolute Gasteiger partial charge is 0.243 e. The maximum Gasteiger partial charge on any atom is 0.243 e. The summed E-state index contributed by atoms with van der Waals surface area (Å²) in [4.78, 5) is 0.219. The van der Waals surface area contributed by atoms with E-state index in [1.54, 1.807) is 38.3 Å². The third kappa shape index (κ3) is 4.21. The zero-order valence-corrected chi connectivity index (χ0v) is 19.3. The van der Waals surface area contributed by atoms with Gasteiger partial charge in [0.2, 0.25) is 10.0 Å². The SMILES string of the molecule is COc1cccc(C2=C(c3ccccc3)CN(S(=O)(=O)c3ccc(C)cc3)C[C@]2(C)O)c1. The quantitative estimate of drug-likeness (QED) is 0.628. The molecule has 0 spiro atoms. The maximum atomic E-state index is 13.5. The molecule has 1 N–H and O–H groups in total. The van der Waals surface area contributed by atoms with Gasteiger partial charge >= 0.3 is 0 Å². The highest BCUT2D eigenvalue weighted by Crippen LogP contribution is 2.41. The van der Waals surface area contributed by atoms with E-state index in [9.17, 15) is 13.5 Å². The highest BCUT2D eigenvalue weighted by Gasteiger charge is 2.41. The molecule has 32 heavy (non-hydrogen) atoms. The number of aryl methyl sites for hydroxylation is 1. The van der Waals surface area contributed by atoms with E-state index in [4.69, 9.17) is 4.74 Å². The lowest BCUT2D eigenvalue weighted by molar-refractivity contribution is 0.0954. The molecule has 5 nitrogen and oxygen atoms in total. The van der Waals surface area contributed by atoms with Gasteiger partial charge in [0, 0.05) is 13.1 Å². The molecule has 0 radical (unpaired) electrons. The molecule has 0 fully saturated rings. The lowest BCUT2D eigenvalue weighted by Gasteiger charge is -2.40. The van der Waals surface area contributed by atoms with Crippen LogP contribution in [0.2, 0.25) is 0 Å². The van der Waals surface area contributed by atoms with Gasteiger partial charge in [-0.25, -0.2) is 8.42 Å². The average molecular weight is 450 g/mol. The van der Waals surface area contributed by atoms with E-state index in [2.05, 4.69) is 0 Å². The second-order valence-corrected chi connectivity index (χ2v) is 10.2. The van der Waals surface area contributed by atoms with Gasteiger partial charge in [0.1, 0.15) is 11.4 Å². The van der Waals surface area contributed by atoms with Gasteiger partial charge in [-0.05, 0) is 60.4 Å². The van der Waals surface area contributed by atoms with Crippen molar-refractivity contribution in [3.8, 4) is 5.75 Å². The van der Waals surface area contributed by atoms with Crippen LogP contribution >= 0.6 is 0 Å². The van der Waals surface area contributed by atoms with Gasteiger partial charge in [0.05, 0.1) is 12.0 Å². The largest absolute Gasteiger partial charge is 0.497 e. The molecule has 1 atom stereocenters. The summed E-state index contributed by atoms with van der Waals surface area (Å²) in [5.74, 6) is 0.674. The Labute approximate surface area is 189 Å². The summed E-state index contributed by atoms with van der Waals surface area (Å²) in [6.07, 6.45) is 0. The first-order valence-corrected chi connectivity index (χ1v) is 11.9. The van der Waals surface area contributed by atoms with Crippen LogP contribution in [0.5, 0.6) is 5.75 Å². The second kappa shape index (κ2) is 8.54. The van der Waals surface area contributed by atoms with Gasteiger partial charge in [-0.2, -0.15) is 4.31 Å². The van der Waals surface area contributed by atoms with Crippen molar-refractivity contribution < 1.29 is 18.3 Å². The van der Waals surface area contributed by atoms with Gasteiger partial charge in [0.25, 0.3) is 0 Å². The van der Waals surface area contributed by atoms with Gasteiger partial charge in [0.15, 0.2) is 0 Å². The van der Waals surface area contributed by atoms with Crippen molar-refractivity contribution in [2.75, 3.05) is 20.2 Å². The van der Waals surface area contributed by atoms with Crippen molar-refractivity contribution in [3.63, 3.8) is 0 Å². The summed E-state index contributed by atoms with van der Waals surface area (Å²) in [6, 6.07) is 23.9. The molecule has 166 valence electrons. The van der Waals surface area contributed by atoms with E-state index < -0.39 is 15.6 Å². The van der Waals surface area contributed by atoms with Crippen molar-refractivity contribution in [3.05, 3.63) is 95.6 Å². The molecule has 0 saturated heterocycles. The number of rotatable bonds is 5. The molecule has 0 aliphatic carbocycles. The monoisotopic (exact) mass is 449 g/mol. The number of hydrogen-bond acceptors (Lipinski definition) is 4. The summed E-state index contributed by atoms with van der Waals surface area (Å²) in [5.41, 5.74) is 2.73. The lowest BCUT2D eigenvalue weighted by atomic mass is 9.81. The molecule has 0 bridgehead atoms. The van der Waals surface area contributed by atoms with Crippen LogP contribution < -0.4 is 4.74 Å². The normalized spacial score (nSPS) is 19.8. The number of sulfonamides is 1. The molecule has 6 heteroatoms. The number of ether oxygens (including phenoxy) is 1. The Balaban J connectivity index is 1.88.